The van der Waals surface area contributed by atoms with Crippen LogP contribution in [-0.4, -0.2) is 45.2 Å². The number of halogens is 2. The Morgan fingerprint density at radius 3 is 2.78 bits per heavy atom. The normalized spacial score (nSPS) is 10.9. The van der Waals surface area contributed by atoms with Crippen molar-refractivity contribution in [3.63, 3.8) is 0 Å². The first-order valence-corrected chi connectivity index (χ1v) is 6.40. The van der Waals surface area contributed by atoms with E-state index in [9.17, 15) is 4.39 Å². The minimum Gasteiger partial charge on any atom is -0.492 e. The molecule has 0 bridgehead atoms. The molecule has 0 radical (unpaired) electrons. The molecular weight excluding hydrogens is 255 g/mol. The minimum atomic E-state index is -0.451. The largest absolute Gasteiger partial charge is 0.492 e. The number of hydrogen-bond donors (Lipinski definition) is 1. The molecule has 0 fully saturated rings. The van der Waals surface area contributed by atoms with Crippen LogP contribution in [0.4, 0.5) is 4.39 Å². The maximum atomic E-state index is 13.1. The lowest BCUT2D eigenvalue weighted by Gasteiger charge is -2.10. The van der Waals surface area contributed by atoms with E-state index < -0.39 is 5.82 Å². The molecule has 5 heteroatoms. The Morgan fingerprint density at radius 1 is 1.33 bits per heavy atom. The Labute approximate surface area is 113 Å². The summed E-state index contributed by atoms with van der Waals surface area (Å²) in [5, 5.41) is 3.38. The van der Waals surface area contributed by atoms with E-state index >= 15 is 0 Å². The molecule has 0 atom stereocenters. The van der Waals surface area contributed by atoms with Gasteiger partial charge in [-0.1, -0.05) is 11.6 Å². The molecular formula is C13H20ClFN2O. The molecule has 1 N–H and O–H groups in total. The Balaban J connectivity index is 2.09. The molecule has 0 aliphatic carbocycles. The van der Waals surface area contributed by atoms with Gasteiger partial charge in [-0.25, -0.2) is 4.39 Å². The Bertz CT molecular complexity index is 361. The molecule has 0 aliphatic rings. The van der Waals surface area contributed by atoms with Gasteiger partial charge in [0.15, 0.2) is 0 Å². The van der Waals surface area contributed by atoms with E-state index in [1.54, 1.807) is 6.07 Å². The summed E-state index contributed by atoms with van der Waals surface area (Å²) in [5.74, 6) is 0.0556. The SMILES string of the molecule is CN(C)CCCNCCOc1ccc(Cl)c(F)c1. The minimum absolute atomic E-state index is 0.115. The highest BCUT2D eigenvalue weighted by atomic mass is 35.5. The van der Waals surface area contributed by atoms with Crippen LogP contribution >= 0.6 is 11.6 Å². The third-order valence-corrected chi connectivity index (χ3v) is 2.70. The molecule has 1 rings (SSSR count). The third-order valence-electron chi connectivity index (χ3n) is 2.40. The van der Waals surface area contributed by atoms with Crippen LogP contribution < -0.4 is 10.1 Å². The second kappa shape index (κ2) is 8.29. The predicted molar refractivity (Wildman–Crippen MR) is 72.9 cm³/mol. The van der Waals surface area contributed by atoms with E-state index in [1.165, 1.54) is 12.1 Å². The van der Waals surface area contributed by atoms with Crippen molar-refractivity contribution in [2.24, 2.45) is 0 Å². The molecule has 0 unspecified atom stereocenters. The Hall–Kier alpha value is -0.840. The highest BCUT2D eigenvalue weighted by Crippen LogP contribution is 2.20. The summed E-state index contributed by atoms with van der Waals surface area (Å²) in [6.45, 7) is 3.29. The molecule has 0 aliphatic heterocycles. The zero-order valence-corrected chi connectivity index (χ0v) is 11.6. The van der Waals surface area contributed by atoms with Crippen LogP contribution in [0, 0.1) is 5.82 Å². The fourth-order valence-electron chi connectivity index (χ4n) is 1.45. The second-order valence-electron chi connectivity index (χ2n) is 4.33. The van der Waals surface area contributed by atoms with Gasteiger partial charge < -0.3 is 15.0 Å². The van der Waals surface area contributed by atoms with Crippen molar-refractivity contribution in [3.8, 4) is 5.75 Å². The molecule has 0 amide bonds. The summed E-state index contributed by atoms with van der Waals surface area (Å²) in [7, 11) is 4.11. The van der Waals surface area contributed by atoms with Crippen molar-refractivity contribution in [1.82, 2.24) is 10.2 Å². The molecule has 3 nitrogen and oxygen atoms in total. The highest BCUT2D eigenvalue weighted by Gasteiger charge is 2.01. The van der Waals surface area contributed by atoms with Gasteiger partial charge in [-0.2, -0.15) is 0 Å². The lowest BCUT2D eigenvalue weighted by Crippen LogP contribution is -2.25. The topological polar surface area (TPSA) is 24.5 Å². The predicted octanol–water partition coefficient (Wildman–Crippen LogP) is 2.40. The quantitative estimate of drug-likeness (QED) is 0.737. The standard InChI is InChI=1S/C13H20ClFN2O/c1-17(2)8-3-6-16-7-9-18-11-4-5-12(14)13(15)10-11/h4-5,10,16H,3,6-9H2,1-2H3. The van der Waals surface area contributed by atoms with Gasteiger partial charge in [0.25, 0.3) is 0 Å². The number of ether oxygens (including phenoxy) is 1. The first-order valence-electron chi connectivity index (χ1n) is 6.03. The van der Waals surface area contributed by atoms with Gasteiger partial charge in [0.1, 0.15) is 18.2 Å². The van der Waals surface area contributed by atoms with E-state index in [0.717, 1.165) is 26.1 Å². The molecule has 0 spiro atoms. The molecule has 0 aromatic heterocycles. The van der Waals surface area contributed by atoms with Gasteiger partial charge in [0, 0.05) is 12.6 Å². The van der Waals surface area contributed by atoms with Gasteiger partial charge in [0.2, 0.25) is 0 Å². The number of rotatable bonds is 8. The fraction of sp³-hybridized carbons (Fsp3) is 0.538. The molecule has 1 aromatic carbocycles. The maximum Gasteiger partial charge on any atom is 0.145 e. The summed E-state index contributed by atoms with van der Waals surface area (Å²) in [5.41, 5.74) is 0. The van der Waals surface area contributed by atoms with Gasteiger partial charge in [-0.15, -0.1) is 0 Å². The van der Waals surface area contributed by atoms with E-state index in [0.29, 0.717) is 12.4 Å². The zero-order chi connectivity index (χ0) is 13.4. The molecule has 102 valence electrons. The van der Waals surface area contributed by atoms with Crippen molar-refractivity contribution >= 4 is 11.6 Å². The summed E-state index contributed by atoms with van der Waals surface area (Å²) >= 11 is 5.58. The lowest BCUT2D eigenvalue weighted by molar-refractivity contribution is 0.309. The van der Waals surface area contributed by atoms with Gasteiger partial charge in [0.05, 0.1) is 5.02 Å². The molecule has 18 heavy (non-hydrogen) atoms. The van der Waals surface area contributed by atoms with E-state index in [-0.39, 0.29) is 5.02 Å². The summed E-state index contributed by atoms with van der Waals surface area (Å²) < 4.78 is 18.5. The number of nitrogens with one attached hydrogen (secondary N) is 1. The van der Waals surface area contributed by atoms with E-state index in [1.807, 2.05) is 0 Å². The number of benzene rings is 1. The molecule has 1 aromatic rings. The highest BCUT2D eigenvalue weighted by molar-refractivity contribution is 6.30. The average molecular weight is 275 g/mol. The van der Waals surface area contributed by atoms with Crippen LogP contribution in [0.15, 0.2) is 18.2 Å². The van der Waals surface area contributed by atoms with Crippen molar-refractivity contribution < 1.29 is 9.13 Å². The average Bonchev–Trinajstić information content (AvgIpc) is 2.32. The van der Waals surface area contributed by atoms with Gasteiger partial charge in [-0.05, 0) is 45.7 Å². The summed E-state index contributed by atoms with van der Waals surface area (Å²) in [6, 6.07) is 4.46. The van der Waals surface area contributed by atoms with Crippen molar-refractivity contribution in [2.45, 2.75) is 6.42 Å². The summed E-state index contributed by atoms with van der Waals surface area (Å²) in [6.07, 6.45) is 1.10. The monoisotopic (exact) mass is 274 g/mol. The molecule has 0 saturated carbocycles. The van der Waals surface area contributed by atoms with Crippen LogP contribution in [-0.2, 0) is 0 Å². The fourth-order valence-corrected chi connectivity index (χ4v) is 1.57. The maximum absolute atomic E-state index is 13.1. The van der Waals surface area contributed by atoms with Crippen LogP contribution in [0.2, 0.25) is 5.02 Å². The zero-order valence-electron chi connectivity index (χ0n) is 10.9. The van der Waals surface area contributed by atoms with Crippen molar-refractivity contribution in [2.75, 3.05) is 40.3 Å². The molecule has 0 heterocycles. The lowest BCUT2D eigenvalue weighted by atomic mass is 10.3. The van der Waals surface area contributed by atoms with Crippen molar-refractivity contribution in [1.29, 1.82) is 0 Å². The Kier molecular flexibility index (Phi) is 7.01. The number of nitrogens with zero attached hydrogens (tertiary/aromatic N) is 1. The van der Waals surface area contributed by atoms with Crippen LogP contribution in [0.5, 0.6) is 5.75 Å². The van der Waals surface area contributed by atoms with Crippen molar-refractivity contribution in [3.05, 3.63) is 29.0 Å². The van der Waals surface area contributed by atoms with Crippen LogP contribution in [0.25, 0.3) is 0 Å². The Morgan fingerprint density at radius 2 is 2.11 bits per heavy atom. The number of hydrogen-bond acceptors (Lipinski definition) is 3. The van der Waals surface area contributed by atoms with E-state index in [4.69, 9.17) is 16.3 Å². The smallest absolute Gasteiger partial charge is 0.145 e. The molecule has 0 saturated heterocycles. The third kappa shape index (κ3) is 6.19. The second-order valence-corrected chi connectivity index (χ2v) is 4.74. The van der Waals surface area contributed by atoms with Crippen LogP contribution in [0.3, 0.4) is 0 Å². The van der Waals surface area contributed by atoms with E-state index in [2.05, 4.69) is 24.3 Å². The first-order chi connectivity index (χ1) is 8.59. The van der Waals surface area contributed by atoms with Crippen LogP contribution in [0.1, 0.15) is 6.42 Å². The van der Waals surface area contributed by atoms with Gasteiger partial charge >= 0.3 is 0 Å². The van der Waals surface area contributed by atoms with Gasteiger partial charge in [-0.3, -0.25) is 0 Å². The first kappa shape index (κ1) is 15.2. The summed E-state index contributed by atoms with van der Waals surface area (Å²) in [4.78, 5) is 2.15.